The van der Waals surface area contributed by atoms with Gasteiger partial charge in [-0.05, 0) is 36.1 Å². The van der Waals surface area contributed by atoms with Gasteiger partial charge in [-0.1, -0.05) is 42.5 Å². The van der Waals surface area contributed by atoms with Gasteiger partial charge in [0.05, 0.1) is 25.6 Å². The second-order valence-electron chi connectivity index (χ2n) is 8.32. The van der Waals surface area contributed by atoms with Crippen LogP contribution in [0.15, 0.2) is 54.6 Å². The molecule has 0 spiro atoms. The first-order chi connectivity index (χ1) is 15.2. The number of likely N-dealkylation sites (tertiary alicyclic amines) is 1. The van der Waals surface area contributed by atoms with Crippen molar-refractivity contribution >= 4 is 17.5 Å². The van der Waals surface area contributed by atoms with E-state index in [-0.39, 0.29) is 17.7 Å². The molecule has 2 amide bonds. The zero-order valence-corrected chi connectivity index (χ0v) is 18.0. The van der Waals surface area contributed by atoms with Crippen LogP contribution in [0.25, 0.3) is 0 Å². The molecule has 2 aliphatic heterocycles. The van der Waals surface area contributed by atoms with Crippen LogP contribution in [0.2, 0.25) is 0 Å². The Labute approximate surface area is 184 Å². The Balaban J connectivity index is 1.25. The normalized spacial score (nSPS) is 19.2. The Bertz CT molecular complexity index is 863. The largest absolute Gasteiger partial charge is 0.378 e. The number of benzene rings is 2. The standard InChI is InChI=1S/C25H31N3O3/c29-24(17-20-5-2-1-3-6-20)28-12-4-7-22(19-28)25(30)26-18-21-8-10-23(11-9-21)27-13-15-31-16-14-27/h1-3,5-6,8-11,22H,4,7,12-19H2,(H,26,30). The van der Waals surface area contributed by atoms with Gasteiger partial charge in [-0.3, -0.25) is 9.59 Å². The zero-order valence-electron chi connectivity index (χ0n) is 18.0. The molecule has 6 heteroatoms. The number of carbonyl (C=O) groups excluding carboxylic acids is 2. The van der Waals surface area contributed by atoms with Crippen molar-refractivity contribution in [1.82, 2.24) is 10.2 Å². The Morgan fingerprint density at radius 3 is 2.42 bits per heavy atom. The Morgan fingerprint density at radius 2 is 1.68 bits per heavy atom. The number of hydrogen-bond donors (Lipinski definition) is 1. The van der Waals surface area contributed by atoms with E-state index in [4.69, 9.17) is 4.74 Å². The number of carbonyl (C=O) groups is 2. The predicted octanol–water partition coefficient (Wildman–Crippen LogP) is 2.62. The number of morpholine rings is 1. The van der Waals surface area contributed by atoms with Crippen molar-refractivity contribution in [3.63, 3.8) is 0 Å². The minimum Gasteiger partial charge on any atom is -0.378 e. The molecule has 1 atom stereocenters. The topological polar surface area (TPSA) is 61.9 Å². The van der Waals surface area contributed by atoms with Gasteiger partial charge in [-0.2, -0.15) is 0 Å². The molecule has 2 saturated heterocycles. The summed E-state index contributed by atoms with van der Waals surface area (Å²) in [6.45, 7) is 5.12. The molecular weight excluding hydrogens is 390 g/mol. The van der Waals surface area contributed by atoms with E-state index in [1.165, 1.54) is 5.69 Å². The lowest BCUT2D eigenvalue weighted by atomic mass is 9.96. The minimum atomic E-state index is -0.138. The summed E-state index contributed by atoms with van der Waals surface area (Å²) in [6.07, 6.45) is 2.09. The van der Waals surface area contributed by atoms with E-state index < -0.39 is 0 Å². The van der Waals surface area contributed by atoms with Crippen LogP contribution in [0.1, 0.15) is 24.0 Å². The fraction of sp³-hybridized carbons (Fsp3) is 0.440. The Kier molecular flexibility index (Phi) is 7.20. The summed E-state index contributed by atoms with van der Waals surface area (Å²) < 4.78 is 5.41. The van der Waals surface area contributed by atoms with Gasteiger partial charge in [0.2, 0.25) is 11.8 Å². The highest BCUT2D eigenvalue weighted by molar-refractivity contribution is 5.82. The van der Waals surface area contributed by atoms with Crippen LogP contribution in [-0.2, 0) is 27.3 Å². The zero-order chi connectivity index (χ0) is 21.5. The summed E-state index contributed by atoms with van der Waals surface area (Å²) in [5, 5.41) is 3.07. The third kappa shape index (κ3) is 5.85. The van der Waals surface area contributed by atoms with E-state index in [2.05, 4.69) is 34.5 Å². The van der Waals surface area contributed by atoms with Gasteiger partial charge in [0.25, 0.3) is 0 Å². The Hall–Kier alpha value is -2.86. The van der Waals surface area contributed by atoms with Gasteiger partial charge < -0.3 is 19.9 Å². The van der Waals surface area contributed by atoms with Crippen molar-refractivity contribution < 1.29 is 14.3 Å². The molecule has 1 N–H and O–H groups in total. The van der Waals surface area contributed by atoms with Crippen molar-refractivity contribution in [2.45, 2.75) is 25.8 Å². The molecule has 0 bridgehead atoms. The summed E-state index contributed by atoms with van der Waals surface area (Å²) >= 11 is 0. The van der Waals surface area contributed by atoms with Crippen LogP contribution in [0, 0.1) is 5.92 Å². The lowest BCUT2D eigenvalue weighted by molar-refractivity contribution is -0.135. The lowest BCUT2D eigenvalue weighted by Gasteiger charge is -2.32. The van der Waals surface area contributed by atoms with Crippen LogP contribution < -0.4 is 10.2 Å². The monoisotopic (exact) mass is 421 g/mol. The first kappa shape index (κ1) is 21.4. The molecule has 4 rings (SSSR count). The van der Waals surface area contributed by atoms with E-state index in [1.807, 2.05) is 35.2 Å². The maximum Gasteiger partial charge on any atom is 0.227 e. The number of ether oxygens (including phenoxy) is 1. The second-order valence-corrected chi connectivity index (χ2v) is 8.32. The summed E-state index contributed by atoms with van der Waals surface area (Å²) in [5.41, 5.74) is 3.29. The third-order valence-corrected chi connectivity index (χ3v) is 6.12. The maximum atomic E-state index is 12.7. The highest BCUT2D eigenvalue weighted by atomic mass is 16.5. The fourth-order valence-corrected chi connectivity index (χ4v) is 4.28. The fourth-order valence-electron chi connectivity index (χ4n) is 4.28. The molecular formula is C25H31N3O3. The van der Waals surface area contributed by atoms with Crippen molar-refractivity contribution in [2.24, 2.45) is 5.92 Å². The number of nitrogens with one attached hydrogen (secondary N) is 1. The van der Waals surface area contributed by atoms with Crippen molar-refractivity contribution in [3.8, 4) is 0 Å². The molecule has 2 aromatic carbocycles. The summed E-state index contributed by atoms with van der Waals surface area (Å²) in [6, 6.07) is 18.1. The summed E-state index contributed by atoms with van der Waals surface area (Å²) in [7, 11) is 0. The molecule has 2 fully saturated rings. The maximum absolute atomic E-state index is 12.7. The molecule has 164 valence electrons. The van der Waals surface area contributed by atoms with Crippen molar-refractivity contribution in [2.75, 3.05) is 44.3 Å². The number of anilines is 1. The molecule has 0 aliphatic carbocycles. The predicted molar refractivity (Wildman–Crippen MR) is 121 cm³/mol. The van der Waals surface area contributed by atoms with Gasteiger partial charge in [0, 0.05) is 38.4 Å². The number of nitrogens with zero attached hydrogens (tertiary/aromatic N) is 2. The van der Waals surface area contributed by atoms with Crippen LogP contribution in [0.5, 0.6) is 0 Å². The van der Waals surface area contributed by atoms with E-state index >= 15 is 0 Å². The SMILES string of the molecule is O=C(NCc1ccc(N2CCOCC2)cc1)C1CCCN(C(=O)Cc2ccccc2)C1. The molecule has 1 unspecified atom stereocenters. The second kappa shape index (κ2) is 10.4. The molecule has 2 aliphatic rings. The lowest BCUT2D eigenvalue weighted by Crippen LogP contribution is -2.45. The Morgan fingerprint density at radius 1 is 0.935 bits per heavy atom. The number of hydrogen-bond acceptors (Lipinski definition) is 4. The third-order valence-electron chi connectivity index (χ3n) is 6.12. The quantitative estimate of drug-likeness (QED) is 0.779. The number of amides is 2. The molecule has 0 saturated carbocycles. The van der Waals surface area contributed by atoms with Crippen LogP contribution in [0.3, 0.4) is 0 Å². The molecule has 2 heterocycles. The van der Waals surface area contributed by atoms with Crippen LogP contribution in [0.4, 0.5) is 5.69 Å². The molecule has 2 aromatic rings. The molecule has 0 aromatic heterocycles. The average molecular weight is 422 g/mol. The minimum absolute atomic E-state index is 0.0365. The van der Waals surface area contributed by atoms with Gasteiger partial charge in [0.15, 0.2) is 0 Å². The molecule has 0 radical (unpaired) electrons. The van der Waals surface area contributed by atoms with E-state index in [0.717, 1.165) is 56.8 Å². The van der Waals surface area contributed by atoms with Crippen LogP contribution >= 0.6 is 0 Å². The average Bonchev–Trinajstić information content (AvgIpc) is 2.84. The van der Waals surface area contributed by atoms with Crippen molar-refractivity contribution in [3.05, 3.63) is 65.7 Å². The summed E-state index contributed by atoms with van der Waals surface area (Å²) in [4.78, 5) is 29.6. The number of piperidine rings is 1. The van der Waals surface area contributed by atoms with Gasteiger partial charge >= 0.3 is 0 Å². The van der Waals surface area contributed by atoms with Crippen LogP contribution in [-0.4, -0.2) is 56.1 Å². The van der Waals surface area contributed by atoms with Gasteiger partial charge in [-0.25, -0.2) is 0 Å². The van der Waals surface area contributed by atoms with Gasteiger partial charge in [0.1, 0.15) is 0 Å². The summed E-state index contributed by atoms with van der Waals surface area (Å²) in [5.74, 6) is -0.00188. The highest BCUT2D eigenvalue weighted by Gasteiger charge is 2.28. The number of rotatable bonds is 6. The smallest absolute Gasteiger partial charge is 0.227 e. The van der Waals surface area contributed by atoms with E-state index in [0.29, 0.717) is 19.5 Å². The first-order valence-corrected chi connectivity index (χ1v) is 11.2. The molecule has 6 nitrogen and oxygen atoms in total. The van der Waals surface area contributed by atoms with E-state index in [1.54, 1.807) is 0 Å². The molecule has 31 heavy (non-hydrogen) atoms. The van der Waals surface area contributed by atoms with Gasteiger partial charge in [-0.15, -0.1) is 0 Å². The highest BCUT2D eigenvalue weighted by Crippen LogP contribution is 2.19. The van der Waals surface area contributed by atoms with E-state index in [9.17, 15) is 9.59 Å². The first-order valence-electron chi connectivity index (χ1n) is 11.2. The van der Waals surface area contributed by atoms with Crippen molar-refractivity contribution in [1.29, 1.82) is 0 Å².